The summed E-state index contributed by atoms with van der Waals surface area (Å²) in [6.07, 6.45) is 6.03. The van der Waals surface area contributed by atoms with Crippen LogP contribution in [-0.2, 0) is 0 Å². The van der Waals surface area contributed by atoms with E-state index in [1.807, 2.05) is 0 Å². The largest absolute Gasteiger partial charge is 0.393 e. The number of fused-ring (bicyclic) bond motifs is 5. The monoisotopic (exact) mass is 403 g/mol. The van der Waals surface area contributed by atoms with Crippen LogP contribution in [0.25, 0.3) is 0 Å². The molecule has 4 nitrogen and oxygen atoms in total. The highest BCUT2D eigenvalue weighted by molar-refractivity contribution is 5.16. The Kier molecular flexibility index (Phi) is 5.59. The second kappa shape index (κ2) is 7.50. The summed E-state index contributed by atoms with van der Waals surface area (Å²) in [6, 6.07) is 2.36. The number of hydrogen-bond donors (Lipinski definition) is 3. The lowest BCUT2D eigenvalue weighted by Crippen LogP contribution is -2.65. The fourth-order valence-corrected chi connectivity index (χ4v) is 9.33. The van der Waals surface area contributed by atoms with E-state index in [1.54, 1.807) is 0 Å². The quantitative estimate of drug-likeness (QED) is 0.661. The van der Waals surface area contributed by atoms with Crippen molar-refractivity contribution in [1.82, 2.24) is 0 Å². The Bertz CT molecular complexity index is 661. The molecule has 4 saturated carbocycles. The maximum atomic E-state index is 11.7. The van der Waals surface area contributed by atoms with Crippen LogP contribution in [0.2, 0.25) is 0 Å². The zero-order valence-corrected chi connectivity index (χ0v) is 18.7. The predicted molar refractivity (Wildman–Crippen MR) is 113 cm³/mol. The van der Waals surface area contributed by atoms with Crippen LogP contribution >= 0.6 is 0 Å². The Morgan fingerprint density at radius 3 is 2.45 bits per heavy atom. The van der Waals surface area contributed by atoms with E-state index in [2.05, 4.69) is 33.8 Å². The Balaban J connectivity index is 1.73. The van der Waals surface area contributed by atoms with Crippen LogP contribution in [0.1, 0.15) is 79.1 Å². The van der Waals surface area contributed by atoms with Gasteiger partial charge in [-0.1, -0.05) is 34.1 Å². The lowest BCUT2D eigenvalue weighted by Gasteiger charge is -2.66. The minimum Gasteiger partial charge on any atom is -0.393 e. The van der Waals surface area contributed by atoms with Crippen LogP contribution in [0.4, 0.5) is 0 Å². The van der Waals surface area contributed by atoms with E-state index in [0.29, 0.717) is 30.1 Å². The zero-order chi connectivity index (χ0) is 21.1. The average Bonchev–Trinajstić information content (AvgIpc) is 3.00. The molecule has 4 heteroatoms. The number of aliphatic hydroxyl groups excluding tert-OH is 3. The topological polar surface area (TPSA) is 84.5 Å². The molecule has 0 heterocycles. The minimum atomic E-state index is -0.397. The molecule has 0 aromatic heterocycles. The molecule has 0 radical (unpaired) electrons. The number of nitrogens with zero attached hydrogens (tertiary/aromatic N) is 1. The molecule has 3 N–H and O–H groups in total. The molecule has 0 saturated heterocycles. The second-order valence-electron chi connectivity index (χ2n) is 11.6. The summed E-state index contributed by atoms with van der Waals surface area (Å²) in [4.78, 5) is 0. The molecular formula is C25H41NO3. The second-order valence-corrected chi connectivity index (χ2v) is 11.6. The number of nitriles is 1. The van der Waals surface area contributed by atoms with Crippen LogP contribution in [0, 0.1) is 63.6 Å². The van der Waals surface area contributed by atoms with Crippen molar-refractivity contribution in [2.24, 2.45) is 52.3 Å². The van der Waals surface area contributed by atoms with Gasteiger partial charge >= 0.3 is 0 Å². The Labute approximate surface area is 176 Å². The van der Waals surface area contributed by atoms with E-state index >= 15 is 0 Å². The van der Waals surface area contributed by atoms with E-state index in [0.717, 1.165) is 44.9 Å². The predicted octanol–water partition coefficient (Wildman–Crippen LogP) is 4.13. The standard InChI is InChI=1S/C25H41NO3/c1-5-16-19-12-15(27)8-10-24(19,3)22-20(28)13-25(4)17(14(2)9-11-26)6-7-18(25)21(22)23(16)29/h14-23,27-29H,5-10,12-13H2,1-4H3/t14-,15-,16-,17-,18?,19?,20?,21?,22?,23-,24?,25-/m1/s1. The third-order valence-corrected chi connectivity index (χ3v) is 10.5. The van der Waals surface area contributed by atoms with Crippen molar-refractivity contribution in [1.29, 1.82) is 5.26 Å². The SMILES string of the molecule is CC[C@@H]1C2C[C@H](O)CCC2(C)C2C(O)C[C@@]3(C)C(CC[C@@H]3[C@H](C)CC#N)C2[C@@H]1O. The van der Waals surface area contributed by atoms with Crippen LogP contribution in [0.15, 0.2) is 0 Å². The normalized spacial score (nSPS) is 55.3. The molecule has 0 bridgehead atoms. The number of rotatable bonds is 3. The summed E-state index contributed by atoms with van der Waals surface area (Å²) in [7, 11) is 0. The molecule has 12 atom stereocenters. The first-order valence-electron chi connectivity index (χ1n) is 12.1. The van der Waals surface area contributed by atoms with Gasteiger partial charge in [0.25, 0.3) is 0 Å². The molecule has 0 amide bonds. The van der Waals surface area contributed by atoms with Gasteiger partial charge in [0.1, 0.15) is 0 Å². The van der Waals surface area contributed by atoms with Crippen molar-refractivity contribution in [3.05, 3.63) is 0 Å². The van der Waals surface area contributed by atoms with E-state index < -0.39 is 12.2 Å². The van der Waals surface area contributed by atoms with E-state index in [4.69, 9.17) is 0 Å². The van der Waals surface area contributed by atoms with Gasteiger partial charge in [0.05, 0.1) is 24.4 Å². The van der Waals surface area contributed by atoms with Gasteiger partial charge in [0, 0.05) is 6.42 Å². The molecule has 0 aromatic rings. The first kappa shape index (κ1) is 21.6. The first-order chi connectivity index (χ1) is 13.7. The van der Waals surface area contributed by atoms with Crippen molar-refractivity contribution < 1.29 is 15.3 Å². The van der Waals surface area contributed by atoms with Crippen molar-refractivity contribution in [3.63, 3.8) is 0 Å². The highest BCUT2D eigenvalue weighted by Gasteiger charge is 2.67. The lowest BCUT2D eigenvalue weighted by atomic mass is 9.40. The Hall–Kier alpha value is -0.630. The van der Waals surface area contributed by atoms with Gasteiger partial charge < -0.3 is 15.3 Å². The van der Waals surface area contributed by atoms with Gasteiger partial charge in [0.15, 0.2) is 0 Å². The molecule has 29 heavy (non-hydrogen) atoms. The summed E-state index contributed by atoms with van der Waals surface area (Å²) in [5, 5.41) is 42.9. The molecule has 164 valence electrons. The maximum absolute atomic E-state index is 11.7. The van der Waals surface area contributed by atoms with Crippen LogP contribution in [-0.4, -0.2) is 33.6 Å². The Morgan fingerprint density at radius 2 is 1.79 bits per heavy atom. The summed E-state index contributed by atoms with van der Waals surface area (Å²) in [5.74, 6) is 1.99. The van der Waals surface area contributed by atoms with Gasteiger partial charge in [-0.25, -0.2) is 0 Å². The van der Waals surface area contributed by atoms with Crippen molar-refractivity contribution in [2.45, 2.75) is 97.4 Å². The highest BCUT2D eigenvalue weighted by atomic mass is 16.3. The van der Waals surface area contributed by atoms with Crippen molar-refractivity contribution >= 4 is 0 Å². The number of aliphatic hydroxyl groups is 3. The van der Waals surface area contributed by atoms with Crippen LogP contribution in [0.5, 0.6) is 0 Å². The average molecular weight is 404 g/mol. The summed E-state index contributed by atoms with van der Waals surface area (Å²) in [6.45, 7) is 9.08. The Morgan fingerprint density at radius 1 is 1.07 bits per heavy atom. The summed E-state index contributed by atoms with van der Waals surface area (Å²) in [5.41, 5.74) is 0.00834. The van der Waals surface area contributed by atoms with Crippen LogP contribution < -0.4 is 0 Å². The fourth-order valence-electron chi connectivity index (χ4n) is 9.33. The fraction of sp³-hybridized carbons (Fsp3) is 0.960. The first-order valence-corrected chi connectivity index (χ1v) is 12.1. The molecular weight excluding hydrogens is 362 g/mol. The molecule has 4 aliphatic rings. The van der Waals surface area contributed by atoms with Crippen molar-refractivity contribution in [3.8, 4) is 6.07 Å². The van der Waals surface area contributed by atoms with E-state index in [-0.39, 0.29) is 34.7 Å². The molecule has 0 spiro atoms. The highest BCUT2D eigenvalue weighted by Crippen LogP contribution is 2.69. The lowest BCUT2D eigenvalue weighted by molar-refractivity contribution is -0.235. The summed E-state index contributed by atoms with van der Waals surface area (Å²) < 4.78 is 0. The number of hydrogen-bond acceptors (Lipinski definition) is 4. The third kappa shape index (κ3) is 3.02. The molecule has 6 unspecified atom stereocenters. The van der Waals surface area contributed by atoms with E-state index in [1.165, 1.54) is 0 Å². The van der Waals surface area contributed by atoms with Gasteiger partial charge in [-0.3, -0.25) is 0 Å². The van der Waals surface area contributed by atoms with Gasteiger partial charge in [0.2, 0.25) is 0 Å². The minimum absolute atomic E-state index is 0.000900. The smallest absolute Gasteiger partial charge is 0.0624 e. The molecule has 0 aliphatic heterocycles. The van der Waals surface area contributed by atoms with Crippen molar-refractivity contribution in [2.75, 3.05) is 0 Å². The molecule has 0 aromatic carbocycles. The summed E-state index contributed by atoms with van der Waals surface area (Å²) >= 11 is 0. The molecule has 4 fully saturated rings. The zero-order valence-electron chi connectivity index (χ0n) is 18.7. The molecule has 4 rings (SSSR count). The third-order valence-electron chi connectivity index (χ3n) is 10.5. The van der Waals surface area contributed by atoms with Gasteiger partial charge in [-0.2, -0.15) is 5.26 Å². The van der Waals surface area contributed by atoms with Gasteiger partial charge in [-0.05, 0) is 90.8 Å². The van der Waals surface area contributed by atoms with Crippen LogP contribution in [0.3, 0.4) is 0 Å². The van der Waals surface area contributed by atoms with E-state index in [9.17, 15) is 20.6 Å². The molecule has 4 aliphatic carbocycles. The maximum Gasteiger partial charge on any atom is 0.0624 e. The van der Waals surface area contributed by atoms with Gasteiger partial charge in [-0.15, -0.1) is 0 Å².